The van der Waals surface area contributed by atoms with Crippen molar-refractivity contribution in [2.75, 3.05) is 5.32 Å². The number of aromatic carboxylic acids is 1. The number of rotatable bonds is 5. The molecule has 2 aliphatic rings. The first-order valence-corrected chi connectivity index (χ1v) is 13.3. The van der Waals surface area contributed by atoms with Crippen molar-refractivity contribution in [2.45, 2.75) is 24.7 Å². The van der Waals surface area contributed by atoms with E-state index in [1.807, 2.05) is 60.7 Å². The molecule has 1 fully saturated rings. The van der Waals surface area contributed by atoms with Gasteiger partial charge in [-0.25, -0.2) is 14.5 Å². The number of carboxylic acids is 1. The average molecular weight is 547 g/mol. The van der Waals surface area contributed by atoms with Crippen molar-refractivity contribution >= 4 is 29.2 Å². The Labute approximate surface area is 235 Å². The Bertz CT molecular complexity index is 1810. The van der Waals surface area contributed by atoms with E-state index >= 15 is 0 Å². The normalized spacial score (nSPS) is 18.9. The Hall–Kier alpha value is -4.75. The van der Waals surface area contributed by atoms with Gasteiger partial charge in [0.25, 0.3) is 0 Å². The number of aromatic nitrogens is 3. The third-order valence-electron chi connectivity index (χ3n) is 8.18. The first-order chi connectivity index (χ1) is 19.3. The van der Waals surface area contributed by atoms with Crippen LogP contribution in [-0.4, -0.2) is 31.7 Å². The van der Waals surface area contributed by atoms with E-state index in [1.165, 1.54) is 6.33 Å². The molecule has 2 N–H and O–H groups in total. The van der Waals surface area contributed by atoms with Crippen molar-refractivity contribution in [3.8, 4) is 27.9 Å². The molecule has 7 nitrogen and oxygen atoms in total. The number of hydrogen-bond acceptors (Lipinski definition) is 4. The van der Waals surface area contributed by atoms with Crippen LogP contribution in [0.5, 0.6) is 0 Å². The Morgan fingerprint density at radius 1 is 1.00 bits per heavy atom. The lowest BCUT2D eigenvalue weighted by Gasteiger charge is -2.13. The summed E-state index contributed by atoms with van der Waals surface area (Å²) in [7, 11) is 0. The van der Waals surface area contributed by atoms with Crippen LogP contribution in [-0.2, 0) is 10.2 Å². The van der Waals surface area contributed by atoms with Crippen molar-refractivity contribution in [2.24, 2.45) is 0 Å². The zero-order chi connectivity index (χ0) is 27.6. The van der Waals surface area contributed by atoms with Gasteiger partial charge in [-0.3, -0.25) is 4.79 Å². The summed E-state index contributed by atoms with van der Waals surface area (Å²) in [6.45, 7) is 1.78. The molecule has 8 heteroatoms. The Morgan fingerprint density at radius 2 is 1.70 bits per heavy atom. The zero-order valence-electron chi connectivity index (χ0n) is 21.4. The van der Waals surface area contributed by atoms with Crippen LogP contribution in [0, 0.1) is 6.92 Å². The second-order valence-electron chi connectivity index (χ2n) is 10.4. The summed E-state index contributed by atoms with van der Waals surface area (Å²) in [5.74, 6) is -1.12. The van der Waals surface area contributed by atoms with Crippen LogP contribution in [0.1, 0.15) is 39.4 Å². The minimum Gasteiger partial charge on any atom is -0.478 e. The number of benzene rings is 4. The second kappa shape index (κ2) is 8.89. The van der Waals surface area contributed by atoms with Gasteiger partial charge in [0.1, 0.15) is 12.7 Å². The Morgan fingerprint density at radius 3 is 2.38 bits per heavy atom. The lowest BCUT2D eigenvalue weighted by atomic mass is 9.89. The molecule has 1 amide bonds. The maximum Gasteiger partial charge on any atom is 0.335 e. The van der Waals surface area contributed by atoms with Gasteiger partial charge in [-0.2, -0.15) is 5.10 Å². The standard InChI is InChI=1S/C32H23ClN4O3/c1-18-2-3-22(12-24(18)30(38)39)27-15-32(27)26-13-25(28(33)14-29(26)36-31(32)40)21-6-4-19(5-7-21)20-8-10-23(11-9-20)37-17-34-16-35-37/h2-14,16-17,27H,15H2,1H3,(H,36,40)(H,38,39). The smallest absolute Gasteiger partial charge is 0.335 e. The Kier molecular flexibility index (Phi) is 5.40. The number of amides is 1. The van der Waals surface area contributed by atoms with Gasteiger partial charge in [-0.15, -0.1) is 0 Å². The van der Waals surface area contributed by atoms with Crippen LogP contribution in [0.4, 0.5) is 5.69 Å². The van der Waals surface area contributed by atoms with E-state index < -0.39 is 11.4 Å². The van der Waals surface area contributed by atoms with E-state index in [4.69, 9.17) is 11.6 Å². The van der Waals surface area contributed by atoms with Crippen LogP contribution in [0.3, 0.4) is 0 Å². The molecule has 1 saturated carbocycles. The van der Waals surface area contributed by atoms with Crippen LogP contribution in [0.2, 0.25) is 5.02 Å². The highest BCUT2D eigenvalue weighted by molar-refractivity contribution is 6.34. The quantitative estimate of drug-likeness (QED) is 0.257. The monoisotopic (exact) mass is 546 g/mol. The van der Waals surface area contributed by atoms with E-state index in [-0.39, 0.29) is 17.4 Å². The molecule has 0 radical (unpaired) electrons. The fraction of sp³-hybridized carbons (Fsp3) is 0.125. The summed E-state index contributed by atoms with van der Waals surface area (Å²) in [5.41, 5.74) is 7.61. The lowest BCUT2D eigenvalue weighted by Crippen LogP contribution is -2.21. The molecule has 2 unspecified atom stereocenters. The number of anilines is 1. The number of carbonyl (C=O) groups excluding carboxylic acids is 1. The van der Waals surface area contributed by atoms with Gasteiger partial charge >= 0.3 is 5.97 Å². The van der Waals surface area contributed by atoms with Gasteiger partial charge in [0.15, 0.2) is 0 Å². The van der Waals surface area contributed by atoms with E-state index in [2.05, 4.69) is 27.5 Å². The number of nitrogens with one attached hydrogen (secondary N) is 1. The molecule has 1 aliphatic carbocycles. The number of hydrogen-bond donors (Lipinski definition) is 2. The van der Waals surface area contributed by atoms with Crippen molar-refractivity contribution in [1.82, 2.24) is 14.8 Å². The summed E-state index contributed by atoms with van der Waals surface area (Å²) in [4.78, 5) is 29.0. The first-order valence-electron chi connectivity index (χ1n) is 12.9. The second-order valence-corrected chi connectivity index (χ2v) is 10.8. The van der Waals surface area contributed by atoms with Crippen LogP contribution in [0.15, 0.2) is 91.5 Å². The third kappa shape index (κ3) is 3.73. The summed E-state index contributed by atoms with van der Waals surface area (Å²) in [6.07, 6.45) is 3.79. The predicted molar refractivity (Wildman–Crippen MR) is 153 cm³/mol. The predicted octanol–water partition coefficient (Wildman–Crippen LogP) is 6.64. The minimum absolute atomic E-state index is 0.0668. The van der Waals surface area contributed by atoms with Crippen molar-refractivity contribution in [1.29, 1.82) is 0 Å². The number of halogens is 1. The van der Waals surface area contributed by atoms with Gasteiger partial charge in [0.2, 0.25) is 5.91 Å². The molecule has 1 spiro atoms. The summed E-state index contributed by atoms with van der Waals surface area (Å²) < 4.78 is 1.71. The van der Waals surface area contributed by atoms with Crippen molar-refractivity contribution < 1.29 is 14.7 Å². The maximum atomic E-state index is 13.3. The minimum atomic E-state index is -0.964. The molecule has 4 aromatic carbocycles. The molecule has 1 aliphatic heterocycles. The van der Waals surface area contributed by atoms with Crippen molar-refractivity contribution in [3.05, 3.63) is 119 Å². The van der Waals surface area contributed by atoms with Crippen LogP contribution in [0.25, 0.3) is 27.9 Å². The average Bonchev–Trinajstić information content (AvgIpc) is 3.34. The highest BCUT2D eigenvalue weighted by Crippen LogP contribution is 2.65. The van der Waals surface area contributed by atoms with Gasteiger partial charge in [0.05, 0.1) is 21.7 Å². The Balaban J connectivity index is 1.20. The maximum absolute atomic E-state index is 13.3. The molecule has 40 heavy (non-hydrogen) atoms. The summed E-state index contributed by atoms with van der Waals surface area (Å²) in [5, 5.41) is 17.3. The molecule has 7 rings (SSSR count). The van der Waals surface area contributed by atoms with Gasteiger partial charge in [-0.1, -0.05) is 60.1 Å². The van der Waals surface area contributed by atoms with Gasteiger partial charge in [-0.05, 0) is 77.1 Å². The zero-order valence-corrected chi connectivity index (χ0v) is 22.2. The van der Waals surface area contributed by atoms with E-state index in [1.54, 1.807) is 24.0 Å². The number of carboxylic acid groups (broad SMARTS) is 1. The van der Waals surface area contributed by atoms with Crippen LogP contribution < -0.4 is 5.32 Å². The molecule has 0 bridgehead atoms. The number of fused-ring (bicyclic) bond motifs is 2. The van der Waals surface area contributed by atoms with E-state index in [0.29, 0.717) is 17.0 Å². The van der Waals surface area contributed by atoms with Crippen molar-refractivity contribution in [3.63, 3.8) is 0 Å². The highest BCUT2D eigenvalue weighted by Gasteiger charge is 2.65. The van der Waals surface area contributed by atoms with E-state index in [9.17, 15) is 14.7 Å². The molecule has 2 atom stereocenters. The SMILES string of the molecule is Cc1ccc(C2CC23C(=O)Nc2cc(Cl)c(-c4ccc(-c5ccc(-n6cncn6)cc5)cc4)cc23)cc1C(=O)O. The third-order valence-corrected chi connectivity index (χ3v) is 8.49. The number of nitrogens with zero attached hydrogens (tertiary/aromatic N) is 3. The topological polar surface area (TPSA) is 97.1 Å². The number of aryl methyl sites for hydroxylation is 1. The first kappa shape index (κ1) is 24.3. The molecule has 1 aromatic heterocycles. The van der Waals surface area contributed by atoms with Gasteiger partial charge in [0, 0.05) is 17.2 Å². The molecule has 0 saturated heterocycles. The fourth-order valence-electron chi connectivity index (χ4n) is 5.91. The fourth-order valence-corrected chi connectivity index (χ4v) is 6.19. The lowest BCUT2D eigenvalue weighted by molar-refractivity contribution is -0.118. The highest BCUT2D eigenvalue weighted by atomic mass is 35.5. The van der Waals surface area contributed by atoms with Crippen LogP contribution >= 0.6 is 11.6 Å². The molecular formula is C32H23ClN4O3. The molecule has 2 heterocycles. The molecular weight excluding hydrogens is 524 g/mol. The molecule has 196 valence electrons. The number of carbonyl (C=O) groups is 2. The molecule has 5 aromatic rings. The van der Waals surface area contributed by atoms with Gasteiger partial charge < -0.3 is 10.4 Å². The summed E-state index contributed by atoms with van der Waals surface area (Å²) >= 11 is 6.72. The summed E-state index contributed by atoms with van der Waals surface area (Å²) in [6, 6.07) is 25.6. The largest absolute Gasteiger partial charge is 0.478 e. The van der Waals surface area contributed by atoms with E-state index in [0.717, 1.165) is 44.8 Å².